The molecule has 316 valence electrons. The first-order valence-corrected chi connectivity index (χ1v) is 18.8. The molecule has 3 unspecified atom stereocenters. The summed E-state index contributed by atoms with van der Waals surface area (Å²) in [6.07, 6.45) is -4.69. The number of nitrogens with zero attached hydrogens (tertiary/aromatic N) is 2. The molecule has 1 saturated heterocycles. The number of aromatic amines is 1. The SMILES string of the molecule is CC(=O)NC1[C@H](OCCOCCOCCOc2ccc(-n3c(=O)[nH]n(-c4cc(CC(NC(C)(C)C)C(=O)C(C)(C)C)ccc4O)c3=O)cc2)OC(CO)[C@H](O)[C@@H]1O. The number of aromatic hydroxyl groups is 1. The third-order valence-corrected chi connectivity index (χ3v) is 8.90. The van der Waals surface area contributed by atoms with Crippen LogP contribution < -0.4 is 26.7 Å². The molecule has 2 aromatic carbocycles. The van der Waals surface area contributed by atoms with Crippen molar-refractivity contribution in [3.05, 3.63) is 69.0 Å². The number of benzene rings is 2. The molecule has 7 N–H and O–H groups in total. The number of phenols is 1. The fraction of sp³-hybridized carbons (Fsp3) is 0.590. The zero-order valence-corrected chi connectivity index (χ0v) is 33.5. The van der Waals surface area contributed by atoms with Gasteiger partial charge in [0.2, 0.25) is 5.91 Å². The number of nitrogens with one attached hydrogen (secondary N) is 3. The summed E-state index contributed by atoms with van der Waals surface area (Å²) in [7, 11) is 0. The van der Waals surface area contributed by atoms with Crippen molar-refractivity contribution < 1.29 is 53.7 Å². The van der Waals surface area contributed by atoms with E-state index in [1.165, 1.54) is 13.0 Å². The molecule has 2 heterocycles. The topological polar surface area (TPSA) is 245 Å². The van der Waals surface area contributed by atoms with Gasteiger partial charge in [-0.05, 0) is 69.2 Å². The summed E-state index contributed by atoms with van der Waals surface area (Å²) >= 11 is 0. The number of amides is 1. The molecule has 6 atom stereocenters. The number of carbonyl (C=O) groups excluding carboxylic acids is 2. The number of rotatable bonds is 19. The van der Waals surface area contributed by atoms with E-state index in [4.69, 9.17) is 23.7 Å². The molecular formula is C39H57N5O13. The zero-order chi connectivity index (χ0) is 42.1. The maximum Gasteiger partial charge on any atom is 0.356 e. The number of aliphatic hydroxyl groups excluding tert-OH is 3. The molecule has 1 aliphatic heterocycles. The van der Waals surface area contributed by atoms with Gasteiger partial charge in [-0.25, -0.2) is 19.3 Å². The van der Waals surface area contributed by atoms with Crippen LogP contribution in [-0.2, 0) is 35.0 Å². The number of ketones is 1. The summed E-state index contributed by atoms with van der Waals surface area (Å²) in [4.78, 5) is 51.4. The van der Waals surface area contributed by atoms with E-state index in [9.17, 15) is 39.6 Å². The number of aromatic nitrogens is 3. The minimum absolute atomic E-state index is 0.0185. The van der Waals surface area contributed by atoms with Crippen LogP contribution in [0, 0.1) is 5.41 Å². The first kappa shape index (κ1) is 45.3. The lowest BCUT2D eigenvalue weighted by molar-refractivity contribution is -0.272. The van der Waals surface area contributed by atoms with E-state index in [1.807, 2.05) is 41.5 Å². The van der Waals surface area contributed by atoms with Crippen LogP contribution in [0.15, 0.2) is 52.1 Å². The van der Waals surface area contributed by atoms with E-state index in [1.54, 1.807) is 36.4 Å². The molecule has 18 heteroatoms. The van der Waals surface area contributed by atoms with Crippen molar-refractivity contribution >= 4 is 11.7 Å². The Morgan fingerprint density at radius 2 is 1.54 bits per heavy atom. The van der Waals surface area contributed by atoms with Gasteiger partial charge in [-0.15, -0.1) is 0 Å². The van der Waals surface area contributed by atoms with Gasteiger partial charge < -0.3 is 54.7 Å². The lowest BCUT2D eigenvalue weighted by atomic mass is 9.83. The van der Waals surface area contributed by atoms with Crippen molar-refractivity contribution in [1.29, 1.82) is 0 Å². The Bertz CT molecular complexity index is 1890. The summed E-state index contributed by atoms with van der Waals surface area (Å²) in [6, 6.07) is 9.42. The second kappa shape index (κ2) is 19.8. The molecule has 3 aromatic rings. The molecule has 0 spiro atoms. The minimum atomic E-state index is -1.40. The molecule has 1 aromatic heterocycles. The van der Waals surface area contributed by atoms with E-state index in [0.29, 0.717) is 17.7 Å². The van der Waals surface area contributed by atoms with Gasteiger partial charge in [0.15, 0.2) is 12.1 Å². The fourth-order valence-corrected chi connectivity index (χ4v) is 6.20. The number of Topliss-reactive ketones (excluding diaryl/α,β-unsaturated/α-hetero) is 1. The average molecular weight is 804 g/mol. The Kier molecular flexibility index (Phi) is 15.8. The summed E-state index contributed by atoms with van der Waals surface area (Å²) in [6.45, 7) is 13.3. The molecule has 1 amide bonds. The standard InChI is InChI=1S/C39H57N5O13/c1-23(46)40-31-33(49)32(48)30(22-45)57-35(31)56-19-17-54-15-14-53-16-18-55-26-11-9-25(10-12-26)43-36(51)42-44(37(43)52)28-21-24(8-13-29(28)47)20-27(41-39(5,6)7)34(50)38(2,3)4/h8-13,21,27,30-33,35,41,45,47-49H,14-20,22H2,1-7H3,(H,40,46)(H,42,51)/t27?,30?,31?,32-,33+,35+/m0/s1. The molecule has 0 saturated carbocycles. The van der Waals surface area contributed by atoms with Gasteiger partial charge >= 0.3 is 11.4 Å². The van der Waals surface area contributed by atoms with Gasteiger partial charge in [0.1, 0.15) is 48.1 Å². The normalized spacial score (nSPS) is 20.6. The van der Waals surface area contributed by atoms with E-state index >= 15 is 0 Å². The van der Waals surface area contributed by atoms with Crippen molar-refractivity contribution in [2.24, 2.45) is 5.41 Å². The zero-order valence-electron chi connectivity index (χ0n) is 33.5. The Labute approximate surface area is 330 Å². The van der Waals surface area contributed by atoms with Crippen LogP contribution in [-0.4, -0.2) is 135 Å². The maximum atomic E-state index is 13.5. The van der Waals surface area contributed by atoms with Crippen LogP contribution in [0.3, 0.4) is 0 Å². The highest BCUT2D eigenvalue weighted by Crippen LogP contribution is 2.26. The smallest absolute Gasteiger partial charge is 0.356 e. The Morgan fingerprint density at radius 3 is 2.14 bits per heavy atom. The highest BCUT2D eigenvalue weighted by atomic mass is 16.7. The Morgan fingerprint density at radius 1 is 0.912 bits per heavy atom. The van der Waals surface area contributed by atoms with Crippen LogP contribution in [0.25, 0.3) is 11.4 Å². The second-order valence-electron chi connectivity index (χ2n) is 15.8. The number of aliphatic hydroxyl groups is 3. The molecule has 0 radical (unpaired) electrons. The molecule has 18 nitrogen and oxygen atoms in total. The Hall–Kier alpha value is -4.40. The van der Waals surface area contributed by atoms with Gasteiger partial charge in [0.25, 0.3) is 0 Å². The number of ether oxygens (including phenoxy) is 5. The average Bonchev–Trinajstić information content (AvgIpc) is 3.43. The monoisotopic (exact) mass is 803 g/mol. The fourth-order valence-electron chi connectivity index (χ4n) is 6.20. The summed E-state index contributed by atoms with van der Waals surface area (Å²) in [5.41, 5.74) is -1.39. The van der Waals surface area contributed by atoms with Gasteiger partial charge in [-0.3, -0.25) is 9.59 Å². The number of H-pyrrole nitrogens is 1. The summed E-state index contributed by atoms with van der Waals surface area (Å²) < 4.78 is 29.7. The second-order valence-corrected chi connectivity index (χ2v) is 15.8. The molecule has 57 heavy (non-hydrogen) atoms. The van der Waals surface area contributed by atoms with E-state index in [-0.39, 0.29) is 68.1 Å². The predicted molar refractivity (Wildman–Crippen MR) is 207 cm³/mol. The largest absolute Gasteiger partial charge is 0.506 e. The van der Waals surface area contributed by atoms with Crippen LogP contribution in [0.4, 0.5) is 0 Å². The lowest BCUT2D eigenvalue weighted by Crippen LogP contribution is -2.64. The third-order valence-electron chi connectivity index (χ3n) is 8.90. The van der Waals surface area contributed by atoms with E-state index in [2.05, 4.69) is 15.7 Å². The van der Waals surface area contributed by atoms with Crippen molar-refractivity contribution in [3.63, 3.8) is 0 Å². The van der Waals surface area contributed by atoms with Crippen LogP contribution in [0.2, 0.25) is 0 Å². The summed E-state index contributed by atoms with van der Waals surface area (Å²) in [5, 5.41) is 48.9. The molecule has 1 fully saturated rings. The first-order valence-electron chi connectivity index (χ1n) is 18.8. The number of carbonyl (C=O) groups is 2. The van der Waals surface area contributed by atoms with Crippen molar-refractivity contribution in [2.75, 3.05) is 46.2 Å². The Balaban J connectivity index is 1.25. The van der Waals surface area contributed by atoms with Gasteiger partial charge in [0.05, 0.1) is 51.4 Å². The van der Waals surface area contributed by atoms with Crippen molar-refractivity contribution in [3.8, 4) is 22.9 Å². The van der Waals surface area contributed by atoms with Crippen LogP contribution in [0.1, 0.15) is 54.0 Å². The highest BCUT2D eigenvalue weighted by molar-refractivity contribution is 5.89. The van der Waals surface area contributed by atoms with Gasteiger partial charge in [-0.2, -0.15) is 4.68 Å². The quantitative estimate of drug-likeness (QED) is 0.0807. The molecule has 0 aliphatic carbocycles. The maximum absolute atomic E-state index is 13.5. The minimum Gasteiger partial charge on any atom is -0.506 e. The first-order chi connectivity index (χ1) is 26.8. The van der Waals surface area contributed by atoms with E-state index < -0.39 is 66.0 Å². The van der Waals surface area contributed by atoms with Crippen LogP contribution >= 0.6 is 0 Å². The molecular weight excluding hydrogens is 746 g/mol. The van der Waals surface area contributed by atoms with Crippen molar-refractivity contribution in [1.82, 2.24) is 25.0 Å². The molecule has 0 bridgehead atoms. The highest BCUT2D eigenvalue weighted by Gasteiger charge is 2.45. The number of hydrogen-bond acceptors (Lipinski definition) is 14. The van der Waals surface area contributed by atoms with Gasteiger partial charge in [-0.1, -0.05) is 26.8 Å². The summed E-state index contributed by atoms with van der Waals surface area (Å²) in [5.74, 6) is -0.193. The third kappa shape index (κ3) is 12.5. The van der Waals surface area contributed by atoms with Crippen molar-refractivity contribution in [2.45, 2.75) is 97.1 Å². The lowest BCUT2D eigenvalue weighted by Gasteiger charge is -2.42. The molecule has 4 rings (SSSR count). The molecule has 1 aliphatic rings. The predicted octanol–water partition coefficient (Wildman–Crippen LogP) is 0.309. The number of hydrogen-bond donors (Lipinski definition) is 7. The van der Waals surface area contributed by atoms with Crippen LogP contribution in [0.5, 0.6) is 11.5 Å². The number of phenolic OH excluding ortho intramolecular Hbond substituents is 1. The van der Waals surface area contributed by atoms with E-state index in [0.717, 1.165) is 9.25 Å². The van der Waals surface area contributed by atoms with Gasteiger partial charge in [0, 0.05) is 17.9 Å².